The molecule has 0 bridgehead atoms. The normalized spacial score (nSPS) is 12.3. The van der Waals surface area contributed by atoms with Gasteiger partial charge in [0.25, 0.3) is 0 Å². The highest BCUT2D eigenvalue weighted by Gasteiger charge is 2.09. The number of sulfonamides is 1. The number of hydrogen-bond acceptors (Lipinski definition) is 3. The number of benzene rings is 2. The molecule has 0 aliphatic heterocycles. The van der Waals surface area contributed by atoms with Crippen molar-refractivity contribution in [2.24, 2.45) is 0 Å². The Morgan fingerprint density at radius 2 is 1.88 bits per heavy atom. The van der Waals surface area contributed by atoms with Crippen LogP contribution in [0.4, 0.5) is 10.1 Å². The van der Waals surface area contributed by atoms with Gasteiger partial charge in [0.1, 0.15) is 5.82 Å². The molecule has 8 heteroatoms. The van der Waals surface area contributed by atoms with Crippen molar-refractivity contribution in [1.82, 2.24) is 10.6 Å². The van der Waals surface area contributed by atoms with Crippen molar-refractivity contribution in [1.29, 1.82) is 0 Å². The first-order valence-electron chi connectivity index (χ1n) is 7.60. The minimum atomic E-state index is -3.51. The summed E-state index contributed by atoms with van der Waals surface area (Å²) in [5, 5.41) is 6.62. The molecule has 0 aliphatic carbocycles. The molecule has 0 amide bonds. The Kier molecular flexibility index (Phi) is 6.33. The van der Waals surface area contributed by atoms with Crippen molar-refractivity contribution in [3.63, 3.8) is 0 Å². The lowest BCUT2D eigenvalue weighted by atomic mass is 10.1. The Morgan fingerprint density at radius 1 is 1.20 bits per heavy atom. The number of thiocarbonyl (C=S) groups is 1. The molecule has 0 radical (unpaired) electrons. The fourth-order valence-electron chi connectivity index (χ4n) is 2.21. The minimum Gasteiger partial charge on any atom is -0.359 e. The molecule has 0 fully saturated rings. The summed E-state index contributed by atoms with van der Waals surface area (Å²) in [6.45, 7) is 2.32. The van der Waals surface area contributed by atoms with Gasteiger partial charge < -0.3 is 10.6 Å². The van der Waals surface area contributed by atoms with Crippen LogP contribution < -0.4 is 15.4 Å². The summed E-state index contributed by atoms with van der Waals surface area (Å²) in [5.41, 5.74) is 1.67. The van der Waals surface area contributed by atoms with E-state index in [9.17, 15) is 12.8 Å². The number of hydrogen-bond donors (Lipinski definition) is 3. The van der Waals surface area contributed by atoms with E-state index in [0.717, 1.165) is 11.8 Å². The second-order valence-electron chi connectivity index (χ2n) is 5.65. The molecule has 2 aromatic rings. The zero-order valence-corrected chi connectivity index (χ0v) is 15.5. The van der Waals surface area contributed by atoms with Gasteiger partial charge in [-0.25, -0.2) is 12.8 Å². The highest BCUT2D eigenvalue weighted by Crippen LogP contribution is 2.17. The zero-order chi connectivity index (χ0) is 18.4. The van der Waals surface area contributed by atoms with Crippen LogP contribution in [-0.4, -0.2) is 19.8 Å². The molecule has 2 aromatic carbocycles. The maximum absolute atomic E-state index is 13.9. The molecule has 3 N–H and O–H groups in total. The molecule has 134 valence electrons. The van der Waals surface area contributed by atoms with Crippen LogP contribution in [-0.2, 0) is 16.6 Å². The second kappa shape index (κ2) is 8.26. The predicted octanol–water partition coefficient (Wildman–Crippen LogP) is 2.92. The lowest BCUT2D eigenvalue weighted by molar-refractivity contribution is 0.603. The summed E-state index contributed by atoms with van der Waals surface area (Å²) in [5.74, 6) is -0.638. The standard InChI is InChI=1S/C17H20FN3O2S2/c1-12(14-6-4-3-5-7-14)20-17(24)19-11-13-8-9-16(15(18)10-13)21-25(2,22)23/h3-10,12,21H,11H2,1-2H3,(H2,19,20,24). The monoisotopic (exact) mass is 381 g/mol. The van der Waals surface area contributed by atoms with Crippen LogP contribution in [0, 0.1) is 5.82 Å². The maximum Gasteiger partial charge on any atom is 0.229 e. The van der Waals surface area contributed by atoms with Crippen LogP contribution in [0.5, 0.6) is 0 Å². The summed E-state index contributed by atoms with van der Waals surface area (Å²) in [4.78, 5) is 0. The van der Waals surface area contributed by atoms with E-state index >= 15 is 0 Å². The second-order valence-corrected chi connectivity index (χ2v) is 7.80. The van der Waals surface area contributed by atoms with Crippen molar-refractivity contribution >= 4 is 33.0 Å². The van der Waals surface area contributed by atoms with Crippen LogP contribution in [0.2, 0.25) is 0 Å². The largest absolute Gasteiger partial charge is 0.359 e. The Hall–Kier alpha value is -2.19. The van der Waals surface area contributed by atoms with Crippen molar-refractivity contribution in [3.8, 4) is 0 Å². The van der Waals surface area contributed by atoms with Crippen molar-refractivity contribution in [2.75, 3.05) is 11.0 Å². The number of nitrogens with one attached hydrogen (secondary N) is 3. The average molecular weight is 381 g/mol. The molecule has 0 spiro atoms. The summed E-state index contributed by atoms with van der Waals surface area (Å²) in [7, 11) is -3.51. The Labute approximate surface area is 152 Å². The predicted molar refractivity (Wildman–Crippen MR) is 102 cm³/mol. The van der Waals surface area contributed by atoms with Crippen molar-refractivity contribution < 1.29 is 12.8 Å². The third-order valence-electron chi connectivity index (χ3n) is 3.43. The van der Waals surface area contributed by atoms with E-state index < -0.39 is 15.8 Å². The van der Waals surface area contributed by atoms with Gasteiger partial charge in [-0.1, -0.05) is 36.4 Å². The van der Waals surface area contributed by atoms with E-state index in [1.165, 1.54) is 12.1 Å². The molecule has 0 saturated carbocycles. The lowest BCUT2D eigenvalue weighted by Gasteiger charge is -2.17. The van der Waals surface area contributed by atoms with E-state index in [-0.39, 0.29) is 11.7 Å². The van der Waals surface area contributed by atoms with Crippen LogP contribution >= 0.6 is 12.2 Å². The van der Waals surface area contributed by atoms with E-state index in [4.69, 9.17) is 12.2 Å². The maximum atomic E-state index is 13.9. The van der Waals surface area contributed by atoms with Gasteiger partial charge in [-0.05, 0) is 42.4 Å². The van der Waals surface area contributed by atoms with Gasteiger partial charge in [-0.15, -0.1) is 0 Å². The van der Waals surface area contributed by atoms with Crippen LogP contribution in [0.1, 0.15) is 24.1 Å². The molecule has 25 heavy (non-hydrogen) atoms. The Bertz CT molecular complexity index is 842. The molecule has 1 atom stereocenters. The fraction of sp³-hybridized carbons (Fsp3) is 0.235. The molecule has 0 saturated heterocycles. The number of anilines is 1. The van der Waals surface area contributed by atoms with Crippen LogP contribution in [0.3, 0.4) is 0 Å². The Balaban J connectivity index is 1.90. The molecular weight excluding hydrogens is 361 g/mol. The molecule has 0 aromatic heterocycles. The number of rotatable bonds is 6. The average Bonchev–Trinajstić information content (AvgIpc) is 2.55. The van der Waals surface area contributed by atoms with Gasteiger partial charge in [-0.2, -0.15) is 0 Å². The van der Waals surface area contributed by atoms with E-state index in [2.05, 4.69) is 15.4 Å². The minimum absolute atomic E-state index is 0.0410. The molecular formula is C17H20FN3O2S2. The van der Waals surface area contributed by atoms with Gasteiger partial charge in [-0.3, -0.25) is 4.72 Å². The highest BCUT2D eigenvalue weighted by molar-refractivity contribution is 7.92. The smallest absolute Gasteiger partial charge is 0.229 e. The molecule has 1 unspecified atom stereocenters. The molecule has 2 rings (SSSR count). The van der Waals surface area contributed by atoms with Crippen LogP contribution in [0.25, 0.3) is 0 Å². The van der Waals surface area contributed by atoms with Gasteiger partial charge in [0.15, 0.2) is 5.11 Å². The third kappa shape index (κ3) is 6.32. The van der Waals surface area contributed by atoms with E-state index in [1.54, 1.807) is 6.07 Å². The SMILES string of the molecule is CC(NC(=S)NCc1ccc(NS(C)(=O)=O)c(F)c1)c1ccccc1. The zero-order valence-electron chi connectivity index (χ0n) is 13.9. The van der Waals surface area contributed by atoms with E-state index in [1.807, 2.05) is 37.3 Å². The Morgan fingerprint density at radius 3 is 2.48 bits per heavy atom. The quantitative estimate of drug-likeness (QED) is 0.671. The molecule has 5 nitrogen and oxygen atoms in total. The molecule has 0 heterocycles. The van der Waals surface area contributed by atoms with Crippen molar-refractivity contribution in [3.05, 3.63) is 65.5 Å². The van der Waals surface area contributed by atoms with Gasteiger partial charge >= 0.3 is 0 Å². The first-order chi connectivity index (χ1) is 11.7. The summed E-state index contributed by atoms with van der Waals surface area (Å²) >= 11 is 5.25. The summed E-state index contributed by atoms with van der Waals surface area (Å²) in [6, 6.07) is 14.2. The lowest BCUT2D eigenvalue weighted by Crippen LogP contribution is -2.36. The number of halogens is 1. The van der Waals surface area contributed by atoms with Gasteiger partial charge in [0, 0.05) is 6.54 Å². The first-order valence-corrected chi connectivity index (χ1v) is 9.90. The fourth-order valence-corrected chi connectivity index (χ4v) is 3.02. The topological polar surface area (TPSA) is 70.2 Å². The first kappa shape index (κ1) is 19.1. The summed E-state index contributed by atoms with van der Waals surface area (Å²) < 4.78 is 38.4. The van der Waals surface area contributed by atoms with Gasteiger partial charge in [0.05, 0.1) is 18.0 Å². The third-order valence-corrected chi connectivity index (χ3v) is 4.28. The van der Waals surface area contributed by atoms with E-state index in [0.29, 0.717) is 17.2 Å². The van der Waals surface area contributed by atoms with Crippen molar-refractivity contribution in [2.45, 2.75) is 19.5 Å². The molecule has 0 aliphatic rings. The summed E-state index contributed by atoms with van der Waals surface area (Å²) in [6.07, 6.45) is 0.972. The van der Waals surface area contributed by atoms with Gasteiger partial charge in [0.2, 0.25) is 10.0 Å². The van der Waals surface area contributed by atoms with Crippen LogP contribution in [0.15, 0.2) is 48.5 Å². The highest BCUT2D eigenvalue weighted by atomic mass is 32.2.